The maximum Gasteiger partial charge on any atom is 0.264 e. The van der Waals surface area contributed by atoms with Crippen LogP contribution in [-0.4, -0.2) is 43.8 Å². The molecule has 0 bridgehead atoms. The highest BCUT2D eigenvalue weighted by Gasteiger charge is 2.36. The first-order chi connectivity index (χ1) is 22.1. The van der Waals surface area contributed by atoms with Crippen LogP contribution in [0.4, 0.5) is 10.1 Å². The first kappa shape index (κ1) is 32.9. The fraction of sp³-hybridized carbons (Fsp3) is 0.297. The number of rotatable bonds is 12. The number of carbonyl (C=O) groups is 2. The number of benzene rings is 4. The Hall–Kier alpha value is -4.50. The second kappa shape index (κ2) is 14.7. The number of hydrogen-bond acceptors (Lipinski definition) is 4. The predicted octanol–water partition coefficient (Wildman–Crippen LogP) is 6.34. The second-order valence-corrected chi connectivity index (χ2v) is 13.8. The molecule has 0 aliphatic heterocycles. The van der Waals surface area contributed by atoms with Crippen molar-refractivity contribution in [2.45, 2.75) is 69.5 Å². The highest BCUT2D eigenvalue weighted by molar-refractivity contribution is 7.92. The third-order valence-electron chi connectivity index (χ3n) is 8.50. The van der Waals surface area contributed by atoms with Gasteiger partial charge in [-0.15, -0.1) is 0 Å². The molecule has 1 atom stereocenters. The third-order valence-corrected chi connectivity index (χ3v) is 10.3. The van der Waals surface area contributed by atoms with Gasteiger partial charge in [0.15, 0.2) is 0 Å². The topological polar surface area (TPSA) is 86.8 Å². The molecular formula is C37H40FN3O4S. The van der Waals surface area contributed by atoms with E-state index < -0.39 is 34.3 Å². The van der Waals surface area contributed by atoms with Crippen LogP contribution < -0.4 is 9.62 Å². The Balaban J connectivity index is 1.59. The monoisotopic (exact) mass is 641 g/mol. The van der Waals surface area contributed by atoms with Crippen LogP contribution in [0.5, 0.6) is 0 Å². The molecule has 0 spiro atoms. The Kier molecular flexibility index (Phi) is 10.5. The van der Waals surface area contributed by atoms with Crippen LogP contribution in [0.25, 0.3) is 0 Å². The van der Waals surface area contributed by atoms with Crippen molar-refractivity contribution in [2.75, 3.05) is 10.8 Å². The highest BCUT2D eigenvalue weighted by Crippen LogP contribution is 2.29. The van der Waals surface area contributed by atoms with Gasteiger partial charge in [0.05, 0.1) is 10.6 Å². The van der Waals surface area contributed by atoms with E-state index in [2.05, 4.69) is 5.32 Å². The fourth-order valence-electron chi connectivity index (χ4n) is 6.05. The zero-order valence-corrected chi connectivity index (χ0v) is 27.0. The lowest BCUT2D eigenvalue weighted by Crippen LogP contribution is -2.54. The Morgan fingerprint density at radius 3 is 2.15 bits per heavy atom. The van der Waals surface area contributed by atoms with Crippen molar-refractivity contribution in [3.8, 4) is 0 Å². The zero-order chi connectivity index (χ0) is 32.7. The predicted molar refractivity (Wildman–Crippen MR) is 178 cm³/mol. The number of hydrogen-bond donors (Lipinski definition) is 1. The van der Waals surface area contributed by atoms with E-state index >= 15 is 4.39 Å². The molecule has 0 heterocycles. The minimum Gasteiger partial charge on any atom is -0.352 e. The summed E-state index contributed by atoms with van der Waals surface area (Å²) in [5, 5.41) is 3.13. The number of carbonyl (C=O) groups excluding carboxylic acids is 2. The molecule has 5 rings (SSSR count). The number of aryl methyl sites for hydroxylation is 2. The minimum atomic E-state index is -4.21. The molecule has 0 radical (unpaired) electrons. The Morgan fingerprint density at radius 1 is 0.870 bits per heavy atom. The van der Waals surface area contributed by atoms with Crippen molar-refractivity contribution >= 4 is 27.5 Å². The average Bonchev–Trinajstić information content (AvgIpc) is 3.56. The van der Waals surface area contributed by atoms with Gasteiger partial charge in [-0.3, -0.25) is 13.9 Å². The van der Waals surface area contributed by atoms with E-state index in [0.717, 1.165) is 41.1 Å². The minimum absolute atomic E-state index is 0.0126. The van der Waals surface area contributed by atoms with Gasteiger partial charge in [-0.25, -0.2) is 12.8 Å². The molecule has 46 heavy (non-hydrogen) atoms. The fourth-order valence-corrected chi connectivity index (χ4v) is 7.55. The molecule has 0 aromatic heterocycles. The van der Waals surface area contributed by atoms with Crippen LogP contribution in [-0.2, 0) is 32.6 Å². The summed E-state index contributed by atoms with van der Waals surface area (Å²) in [4.78, 5) is 30.0. The molecule has 0 saturated heterocycles. The van der Waals surface area contributed by atoms with Crippen LogP contribution >= 0.6 is 0 Å². The van der Waals surface area contributed by atoms with Gasteiger partial charge < -0.3 is 10.2 Å². The van der Waals surface area contributed by atoms with Crippen molar-refractivity contribution in [1.29, 1.82) is 0 Å². The lowest BCUT2D eigenvalue weighted by molar-refractivity contribution is -0.140. The SMILES string of the molecule is Cc1ccc(N(CC(=O)N(Cc2ccccc2F)[C@@H](Cc2ccccc2)C(=O)NC2CCCC2)S(=O)(=O)c2ccccc2)c(C)c1. The number of nitrogens with one attached hydrogen (secondary N) is 1. The summed E-state index contributed by atoms with van der Waals surface area (Å²) in [5.74, 6) is -1.48. The van der Waals surface area contributed by atoms with Crippen LogP contribution in [0.3, 0.4) is 0 Å². The summed E-state index contributed by atoms with van der Waals surface area (Å²) in [6, 6.07) is 27.7. The standard InChI is InChI=1S/C37H40FN3O4S/c1-27-21-22-34(28(2)23-27)41(46(44,45)32-18-7-4-8-19-32)26-36(42)40(25-30-15-9-12-20-33(30)38)35(24-29-13-5-3-6-14-29)37(43)39-31-16-10-11-17-31/h3-9,12-15,18-23,31,35H,10-11,16-17,24-26H2,1-2H3,(H,39,43)/t35-/m0/s1. The van der Waals surface area contributed by atoms with Gasteiger partial charge in [0, 0.05) is 24.6 Å². The quantitative estimate of drug-likeness (QED) is 0.196. The number of anilines is 1. The zero-order valence-electron chi connectivity index (χ0n) is 26.2. The molecule has 1 saturated carbocycles. The first-order valence-electron chi connectivity index (χ1n) is 15.7. The van der Waals surface area contributed by atoms with E-state index in [9.17, 15) is 18.0 Å². The largest absolute Gasteiger partial charge is 0.352 e. The number of nitrogens with zero attached hydrogens (tertiary/aromatic N) is 2. The molecular weight excluding hydrogens is 601 g/mol. The van der Waals surface area contributed by atoms with E-state index in [0.29, 0.717) is 11.3 Å². The van der Waals surface area contributed by atoms with Crippen LogP contribution in [0, 0.1) is 19.7 Å². The smallest absolute Gasteiger partial charge is 0.264 e. The number of amides is 2. The molecule has 4 aromatic rings. The molecule has 0 unspecified atom stereocenters. The summed E-state index contributed by atoms with van der Waals surface area (Å²) in [7, 11) is -4.21. The average molecular weight is 642 g/mol. The van der Waals surface area contributed by atoms with Gasteiger partial charge in [0.25, 0.3) is 10.0 Å². The summed E-state index contributed by atoms with van der Waals surface area (Å²) in [6.45, 7) is 2.90. The molecule has 1 aliphatic carbocycles. The summed E-state index contributed by atoms with van der Waals surface area (Å²) in [6.07, 6.45) is 3.89. The molecule has 1 aliphatic rings. The highest BCUT2D eigenvalue weighted by atomic mass is 32.2. The molecule has 4 aromatic carbocycles. The van der Waals surface area contributed by atoms with Gasteiger partial charge in [0.2, 0.25) is 11.8 Å². The number of halogens is 1. The Morgan fingerprint density at radius 2 is 1.50 bits per heavy atom. The third kappa shape index (κ3) is 7.83. The van der Waals surface area contributed by atoms with E-state index in [4.69, 9.17) is 0 Å². The van der Waals surface area contributed by atoms with Crippen LogP contribution in [0.15, 0.2) is 108 Å². The maximum absolute atomic E-state index is 15.1. The lowest BCUT2D eigenvalue weighted by atomic mass is 10.0. The molecule has 7 nitrogen and oxygen atoms in total. The van der Waals surface area contributed by atoms with Crippen LogP contribution in [0.2, 0.25) is 0 Å². The van der Waals surface area contributed by atoms with Crippen LogP contribution in [0.1, 0.15) is 47.9 Å². The Bertz CT molecular complexity index is 1760. The van der Waals surface area contributed by atoms with Crippen molar-refractivity contribution in [1.82, 2.24) is 10.2 Å². The van der Waals surface area contributed by atoms with E-state index in [1.807, 2.05) is 43.3 Å². The van der Waals surface area contributed by atoms with Gasteiger partial charge >= 0.3 is 0 Å². The summed E-state index contributed by atoms with van der Waals surface area (Å²) >= 11 is 0. The molecule has 2 amide bonds. The van der Waals surface area contributed by atoms with Gasteiger partial charge in [-0.2, -0.15) is 0 Å². The van der Waals surface area contributed by atoms with Gasteiger partial charge in [-0.1, -0.05) is 97.3 Å². The maximum atomic E-state index is 15.1. The van der Waals surface area contributed by atoms with Crippen molar-refractivity contribution < 1.29 is 22.4 Å². The Labute approximate surface area is 271 Å². The van der Waals surface area contributed by atoms with Crippen molar-refractivity contribution in [2.24, 2.45) is 0 Å². The van der Waals surface area contributed by atoms with Crippen molar-refractivity contribution in [3.63, 3.8) is 0 Å². The summed E-state index contributed by atoms with van der Waals surface area (Å²) in [5.41, 5.74) is 3.02. The number of sulfonamides is 1. The van der Waals surface area contributed by atoms with Gasteiger partial charge in [0.1, 0.15) is 18.4 Å². The lowest BCUT2D eigenvalue weighted by Gasteiger charge is -2.34. The van der Waals surface area contributed by atoms with E-state index in [1.54, 1.807) is 55.5 Å². The van der Waals surface area contributed by atoms with E-state index in [1.165, 1.54) is 23.1 Å². The molecule has 1 fully saturated rings. The molecule has 240 valence electrons. The second-order valence-electron chi connectivity index (χ2n) is 11.9. The van der Waals surface area contributed by atoms with Gasteiger partial charge in [-0.05, 0) is 62.1 Å². The van der Waals surface area contributed by atoms with Crippen molar-refractivity contribution in [3.05, 3.63) is 131 Å². The normalized spacial score (nSPS) is 14.1. The molecule has 9 heteroatoms. The van der Waals surface area contributed by atoms with E-state index in [-0.39, 0.29) is 35.4 Å². The molecule has 1 N–H and O–H groups in total. The summed E-state index contributed by atoms with van der Waals surface area (Å²) < 4.78 is 44.6. The first-order valence-corrected chi connectivity index (χ1v) is 17.1.